The number of carbonyl (C=O) groups is 1. The second-order valence-corrected chi connectivity index (χ2v) is 6.85. The summed E-state index contributed by atoms with van der Waals surface area (Å²) in [5, 5.41) is 10.3. The lowest BCUT2D eigenvalue weighted by molar-refractivity contribution is -0.119. The fourth-order valence-electron chi connectivity index (χ4n) is 3.66. The van der Waals surface area contributed by atoms with Crippen molar-refractivity contribution in [3.63, 3.8) is 0 Å². The second-order valence-electron chi connectivity index (χ2n) is 6.85. The summed E-state index contributed by atoms with van der Waals surface area (Å²) in [6.07, 6.45) is 6.63. The van der Waals surface area contributed by atoms with Crippen LogP contribution in [0.4, 0.5) is 10.5 Å². The fraction of sp³-hybridized carbons (Fsp3) is 0.765. The van der Waals surface area contributed by atoms with E-state index < -0.39 is 0 Å². The van der Waals surface area contributed by atoms with E-state index in [-0.39, 0.29) is 23.6 Å². The quantitative estimate of drug-likeness (QED) is 0.762. The minimum atomic E-state index is -0.173. The maximum atomic E-state index is 12.3. The van der Waals surface area contributed by atoms with E-state index in [2.05, 4.69) is 34.5 Å². The molecule has 0 aliphatic heterocycles. The summed E-state index contributed by atoms with van der Waals surface area (Å²) >= 11 is 0. The average Bonchev–Trinajstić information content (AvgIpc) is 2.98. The molecule has 7 heteroatoms. The summed E-state index contributed by atoms with van der Waals surface area (Å²) in [6, 6.07) is -0.0192. The topological polar surface area (TPSA) is 71.4 Å². The Hall–Kier alpha value is -1.60. The van der Waals surface area contributed by atoms with Crippen LogP contribution in [0.2, 0.25) is 0 Å². The lowest BCUT2D eigenvalue weighted by Crippen LogP contribution is -2.64. The Labute approximate surface area is 144 Å². The molecule has 1 saturated carbocycles. The van der Waals surface area contributed by atoms with Gasteiger partial charge in [0.05, 0.1) is 24.5 Å². The highest BCUT2D eigenvalue weighted by Gasteiger charge is 2.53. The smallest absolute Gasteiger partial charge is 0.319 e. The molecule has 0 unspecified atom stereocenters. The van der Waals surface area contributed by atoms with E-state index in [4.69, 9.17) is 4.74 Å². The summed E-state index contributed by atoms with van der Waals surface area (Å²) in [5.41, 5.74) is 0.759. The number of ether oxygens (including phenoxy) is 1. The number of carbonyl (C=O) groups excluding carboxylic acids is 1. The first-order valence-corrected chi connectivity index (χ1v) is 8.72. The van der Waals surface area contributed by atoms with Gasteiger partial charge in [-0.2, -0.15) is 5.10 Å². The van der Waals surface area contributed by atoms with Crippen molar-refractivity contribution in [2.75, 3.05) is 33.1 Å². The van der Waals surface area contributed by atoms with Crippen LogP contribution in [-0.2, 0) is 11.3 Å². The highest BCUT2D eigenvalue weighted by Crippen LogP contribution is 2.48. The molecule has 136 valence electrons. The van der Waals surface area contributed by atoms with Crippen LogP contribution in [0.25, 0.3) is 0 Å². The number of hydrogen-bond acceptors (Lipinski definition) is 4. The molecule has 2 atom stereocenters. The highest BCUT2D eigenvalue weighted by molar-refractivity contribution is 5.89. The molecule has 7 nitrogen and oxygen atoms in total. The molecule has 1 fully saturated rings. The molecule has 2 rings (SSSR count). The molecule has 2 amide bonds. The molecule has 2 N–H and O–H groups in total. The summed E-state index contributed by atoms with van der Waals surface area (Å²) in [5.74, 6) is 0. The molecule has 1 aliphatic carbocycles. The molecule has 1 aromatic heterocycles. The molecule has 1 heterocycles. The summed E-state index contributed by atoms with van der Waals surface area (Å²) < 4.78 is 7.41. The van der Waals surface area contributed by atoms with Crippen LogP contribution >= 0.6 is 0 Å². The monoisotopic (exact) mass is 337 g/mol. The van der Waals surface area contributed by atoms with Crippen molar-refractivity contribution >= 4 is 11.7 Å². The standard InChI is InChI=1S/C17H31N5O2/c1-6-17(7-2)14(10-15(17)24-5)20-16(23)19-13-11-18-22(12-13)9-8-21(3)4/h11-12,14-15H,6-10H2,1-5H3,(H2,19,20,23)/t14-,15+/m1/s1. The third kappa shape index (κ3) is 3.89. The second kappa shape index (κ2) is 7.98. The number of nitrogens with zero attached hydrogens (tertiary/aromatic N) is 3. The van der Waals surface area contributed by atoms with Crippen molar-refractivity contribution in [3.8, 4) is 0 Å². The first-order valence-electron chi connectivity index (χ1n) is 8.72. The lowest BCUT2D eigenvalue weighted by Gasteiger charge is -2.54. The number of aromatic nitrogens is 2. The molecule has 1 aliphatic rings. The molecule has 0 spiro atoms. The first-order chi connectivity index (χ1) is 11.4. The largest absolute Gasteiger partial charge is 0.381 e. The Bertz CT molecular complexity index is 539. The van der Waals surface area contributed by atoms with Crippen molar-refractivity contribution in [2.24, 2.45) is 5.41 Å². The van der Waals surface area contributed by atoms with E-state index >= 15 is 0 Å². The first kappa shape index (κ1) is 18.7. The summed E-state index contributed by atoms with van der Waals surface area (Å²) in [4.78, 5) is 14.4. The Balaban J connectivity index is 1.87. The van der Waals surface area contributed by atoms with E-state index in [0.717, 1.165) is 32.4 Å². The molecule has 0 saturated heterocycles. The minimum Gasteiger partial charge on any atom is -0.381 e. The molecule has 24 heavy (non-hydrogen) atoms. The number of likely N-dealkylation sites (N-methyl/N-ethyl adjacent to an activating group) is 1. The Morgan fingerprint density at radius 2 is 2.17 bits per heavy atom. The zero-order chi connectivity index (χ0) is 17.7. The van der Waals surface area contributed by atoms with Crippen LogP contribution in [0.5, 0.6) is 0 Å². The van der Waals surface area contributed by atoms with Crippen molar-refractivity contribution in [1.29, 1.82) is 0 Å². The van der Waals surface area contributed by atoms with Crippen LogP contribution in [-0.4, -0.2) is 60.6 Å². The number of urea groups is 1. The van der Waals surface area contributed by atoms with Crippen LogP contribution in [0, 0.1) is 5.41 Å². The van der Waals surface area contributed by atoms with Gasteiger partial charge in [-0.1, -0.05) is 13.8 Å². The van der Waals surface area contributed by atoms with E-state index in [0.29, 0.717) is 5.69 Å². The molecule has 0 aromatic carbocycles. The van der Waals surface area contributed by atoms with Gasteiger partial charge in [0.2, 0.25) is 0 Å². The summed E-state index contributed by atoms with van der Waals surface area (Å²) in [7, 11) is 5.80. The van der Waals surface area contributed by atoms with Crippen LogP contribution in [0.3, 0.4) is 0 Å². The van der Waals surface area contributed by atoms with Gasteiger partial charge < -0.3 is 20.3 Å². The maximum Gasteiger partial charge on any atom is 0.319 e. The van der Waals surface area contributed by atoms with Gasteiger partial charge in [-0.05, 0) is 33.4 Å². The van der Waals surface area contributed by atoms with Crippen molar-refractivity contribution in [3.05, 3.63) is 12.4 Å². The molecule has 0 radical (unpaired) electrons. The third-order valence-electron chi connectivity index (χ3n) is 5.36. The highest BCUT2D eigenvalue weighted by atomic mass is 16.5. The number of amides is 2. The predicted octanol–water partition coefficient (Wildman–Crippen LogP) is 2.16. The Kier molecular flexibility index (Phi) is 6.23. The lowest BCUT2D eigenvalue weighted by atomic mass is 9.58. The number of nitrogens with one attached hydrogen (secondary N) is 2. The van der Waals surface area contributed by atoms with Gasteiger partial charge in [0.25, 0.3) is 0 Å². The van der Waals surface area contributed by atoms with Gasteiger partial charge in [0.15, 0.2) is 0 Å². The van der Waals surface area contributed by atoms with Gasteiger partial charge >= 0.3 is 6.03 Å². The van der Waals surface area contributed by atoms with E-state index in [9.17, 15) is 4.79 Å². The van der Waals surface area contributed by atoms with Gasteiger partial charge in [-0.25, -0.2) is 4.79 Å². The van der Waals surface area contributed by atoms with Crippen LogP contribution in [0.15, 0.2) is 12.4 Å². The summed E-state index contributed by atoms with van der Waals surface area (Å²) in [6.45, 7) is 6.03. The van der Waals surface area contributed by atoms with Crippen molar-refractivity contribution in [2.45, 2.75) is 51.8 Å². The zero-order valence-electron chi connectivity index (χ0n) is 15.5. The molecular weight excluding hydrogens is 306 g/mol. The number of methoxy groups -OCH3 is 1. The van der Waals surface area contributed by atoms with Gasteiger partial charge in [0.1, 0.15) is 0 Å². The minimum absolute atomic E-state index is 0.0436. The third-order valence-corrected chi connectivity index (χ3v) is 5.36. The van der Waals surface area contributed by atoms with E-state index in [1.54, 1.807) is 13.3 Å². The van der Waals surface area contributed by atoms with Gasteiger partial charge in [0, 0.05) is 31.3 Å². The zero-order valence-corrected chi connectivity index (χ0v) is 15.5. The fourth-order valence-corrected chi connectivity index (χ4v) is 3.66. The van der Waals surface area contributed by atoms with E-state index in [1.807, 2.05) is 25.0 Å². The predicted molar refractivity (Wildman–Crippen MR) is 95.2 cm³/mol. The normalized spacial score (nSPS) is 22.2. The molecule has 1 aromatic rings. The average molecular weight is 337 g/mol. The molecular formula is C17H31N5O2. The van der Waals surface area contributed by atoms with Crippen molar-refractivity contribution in [1.82, 2.24) is 20.0 Å². The number of rotatable bonds is 8. The van der Waals surface area contributed by atoms with E-state index in [1.165, 1.54) is 0 Å². The SMILES string of the molecule is CCC1(CC)[C@@H](OC)C[C@H]1NC(=O)Nc1cnn(CCN(C)C)c1. The van der Waals surface area contributed by atoms with Crippen molar-refractivity contribution < 1.29 is 9.53 Å². The molecule has 0 bridgehead atoms. The number of hydrogen-bond donors (Lipinski definition) is 2. The van der Waals surface area contributed by atoms with Gasteiger partial charge in [-0.3, -0.25) is 4.68 Å². The Morgan fingerprint density at radius 3 is 2.75 bits per heavy atom. The Morgan fingerprint density at radius 1 is 1.46 bits per heavy atom. The van der Waals surface area contributed by atoms with Gasteiger partial charge in [-0.15, -0.1) is 0 Å². The van der Waals surface area contributed by atoms with Crippen LogP contribution < -0.4 is 10.6 Å². The number of anilines is 1. The van der Waals surface area contributed by atoms with Crippen LogP contribution in [0.1, 0.15) is 33.1 Å². The maximum absolute atomic E-state index is 12.3.